The molecular weight excluding hydrogens is 1080 g/mol. The highest BCUT2D eigenvalue weighted by atomic mass is 28.5. The van der Waals surface area contributed by atoms with Crippen LogP contribution in [-0.2, 0) is 72.0 Å². The summed E-state index contributed by atoms with van der Waals surface area (Å²) in [4.78, 5) is 52.0. The van der Waals surface area contributed by atoms with Crippen LogP contribution >= 0.6 is 0 Å². The van der Waals surface area contributed by atoms with E-state index < -0.39 is 74.5 Å². The van der Waals surface area contributed by atoms with Crippen molar-refractivity contribution in [2.45, 2.75) is 105 Å². The molecule has 428 valence electrons. The number of anilines is 2. The van der Waals surface area contributed by atoms with Gasteiger partial charge in [-0.3, -0.25) is 14.9 Å². The zero-order valence-electron chi connectivity index (χ0n) is 47.1. The molecule has 0 aliphatic carbocycles. The van der Waals surface area contributed by atoms with Crippen molar-refractivity contribution in [3.63, 3.8) is 0 Å². The topological polar surface area (TPSA) is 258 Å². The predicted molar refractivity (Wildman–Crippen MR) is 301 cm³/mol. The van der Waals surface area contributed by atoms with Gasteiger partial charge >= 0.3 is 41.2 Å². The zero-order valence-corrected chi connectivity index (χ0v) is 53.1. The predicted octanol–water partition coefficient (Wildman–Crippen LogP) is 6.05. The minimum atomic E-state index is -2.64. The molecule has 2 aromatic rings. The van der Waals surface area contributed by atoms with E-state index in [2.05, 4.69) is 36.8 Å². The fourth-order valence-electron chi connectivity index (χ4n) is 7.94. The molecule has 0 fully saturated rings. The van der Waals surface area contributed by atoms with E-state index in [1.165, 1.54) is 4.90 Å². The minimum absolute atomic E-state index is 0.00507. The van der Waals surface area contributed by atoms with Gasteiger partial charge in [0.1, 0.15) is 19.8 Å². The summed E-state index contributed by atoms with van der Waals surface area (Å²) in [6.45, 7) is 28.8. The Labute approximate surface area is 451 Å². The first kappa shape index (κ1) is 67.9. The third-order valence-corrected chi connectivity index (χ3v) is 30.7. The molecule has 5 N–H and O–H groups in total. The average molecular weight is 1160 g/mol. The zero-order chi connectivity index (χ0) is 56.5. The largest absolute Gasteiger partial charge is 0.463 e. The Balaban J connectivity index is 1.69. The molecule has 0 spiro atoms. The quantitative estimate of drug-likeness (QED) is 0.0223. The number of benzene rings is 2. The van der Waals surface area contributed by atoms with E-state index in [1.807, 2.05) is 72.3 Å². The Morgan fingerprint density at radius 2 is 0.813 bits per heavy atom. The van der Waals surface area contributed by atoms with Crippen molar-refractivity contribution < 1.29 is 84.1 Å². The van der Waals surface area contributed by atoms with Gasteiger partial charge in [0, 0.05) is 24.5 Å². The molecule has 27 heteroatoms. The normalized spacial score (nSPS) is 12.6. The summed E-state index contributed by atoms with van der Waals surface area (Å²) >= 11 is 0. The second-order valence-corrected chi connectivity index (χ2v) is 45.5. The van der Waals surface area contributed by atoms with E-state index in [-0.39, 0.29) is 92.0 Å². The Morgan fingerprint density at radius 3 is 1.17 bits per heavy atom. The van der Waals surface area contributed by atoms with Gasteiger partial charge in [0.05, 0.1) is 84.0 Å². The number of ether oxygens (including phenoxy) is 7. The van der Waals surface area contributed by atoms with Crippen molar-refractivity contribution >= 4 is 85.8 Å². The van der Waals surface area contributed by atoms with Crippen LogP contribution in [0.4, 0.5) is 21.0 Å². The van der Waals surface area contributed by atoms with Crippen molar-refractivity contribution in [3.05, 3.63) is 58.7 Å². The molecule has 0 unspecified atom stereocenters. The van der Waals surface area contributed by atoms with Crippen LogP contribution in [0.25, 0.3) is 0 Å². The van der Waals surface area contributed by atoms with Crippen LogP contribution in [0.1, 0.15) is 22.3 Å². The molecular formula is C48H89N3O18Si6. The molecule has 0 aliphatic rings. The fraction of sp³-hybridized carbons (Fsp3) is 0.667. The Bertz CT molecular complexity index is 2080. The molecule has 0 bridgehead atoms. The number of amides is 3. The molecule has 0 atom stereocenters. The first-order chi connectivity index (χ1) is 34.9. The molecule has 0 saturated heterocycles. The number of aliphatic hydroxyl groups is 3. The molecule has 0 saturated carbocycles. The molecule has 0 radical (unpaired) electrons. The molecule has 0 heterocycles. The van der Waals surface area contributed by atoms with E-state index in [9.17, 15) is 29.4 Å². The van der Waals surface area contributed by atoms with Crippen molar-refractivity contribution in [1.29, 1.82) is 0 Å². The Kier molecular flexibility index (Phi) is 29.5. The van der Waals surface area contributed by atoms with Crippen molar-refractivity contribution in [3.8, 4) is 0 Å². The maximum Gasteiger partial charge on any atom is 0.411 e. The maximum absolute atomic E-state index is 12.7. The number of nitrogens with zero attached hydrogens (tertiary/aromatic N) is 1. The first-order valence-electron chi connectivity index (χ1n) is 25.3. The molecule has 0 aliphatic heterocycles. The number of carbonyl (C=O) groups excluding carboxylic acids is 4. The highest BCUT2D eigenvalue weighted by Gasteiger charge is 2.41. The van der Waals surface area contributed by atoms with Gasteiger partial charge in [-0.15, -0.1) is 0 Å². The average Bonchev–Trinajstić information content (AvgIpc) is 3.26. The van der Waals surface area contributed by atoms with Crippen LogP contribution in [0.2, 0.25) is 78.6 Å². The van der Waals surface area contributed by atoms with Gasteiger partial charge in [-0.1, -0.05) is 24.3 Å². The second kappa shape index (κ2) is 32.6. The molecule has 0 aromatic heterocycles. The molecule has 75 heavy (non-hydrogen) atoms. The van der Waals surface area contributed by atoms with Gasteiger partial charge < -0.3 is 75.2 Å². The van der Waals surface area contributed by atoms with Crippen LogP contribution in [0.15, 0.2) is 36.4 Å². The van der Waals surface area contributed by atoms with Crippen molar-refractivity contribution in [2.24, 2.45) is 0 Å². The number of aliphatic hydroxyl groups excluding tert-OH is 3. The van der Waals surface area contributed by atoms with Crippen LogP contribution in [0, 0.1) is 13.8 Å². The third kappa shape index (κ3) is 29.9. The standard InChI is InChI=1S/C48H89N3O18Si6/c1-39-15-17-41(31-43(39)49-47(57)51(19-21-52)20-22-53)33-45(55)63-28-25-60-37-72(7,8)68-75(13,14)69-73(9,10)38-62-27-30-65-48(58)50-44-32-42(18-16-40(44)2)34-46(56)64-29-26-61-36-71(5,6)67-74(11,12)66-70(3,4)35-59-24-23-54/h15-18,31-32,52-54H,19-30,33-38H2,1-14H3,(H,49,57)(H,50,58). The van der Waals surface area contributed by atoms with E-state index in [4.69, 9.17) is 54.7 Å². The van der Waals surface area contributed by atoms with E-state index in [1.54, 1.807) is 30.3 Å². The van der Waals surface area contributed by atoms with Crippen LogP contribution in [0.5, 0.6) is 0 Å². The monoisotopic (exact) mass is 1160 g/mol. The summed E-state index contributed by atoms with van der Waals surface area (Å²) in [5.74, 6) is -0.876. The summed E-state index contributed by atoms with van der Waals surface area (Å²) in [6, 6.07) is 10.1. The number of hydrogen-bond acceptors (Lipinski definition) is 18. The SMILES string of the molecule is Cc1ccc(CC(=O)OCCOC[Si](C)(C)O[Si](C)(C)O[Si](C)(C)COCCO)cc1NC(=O)OCCOC[Si](C)(C)O[Si](C)(C)O[Si](C)(C)COCCOC(=O)Cc1ccc(C)c(NC(=O)N(CCO)CCO)c1. The summed E-state index contributed by atoms with van der Waals surface area (Å²) in [6.07, 6.45) is 0.935. The van der Waals surface area contributed by atoms with Crippen molar-refractivity contribution in [1.82, 2.24) is 4.90 Å². The molecule has 2 rings (SSSR count). The van der Waals surface area contributed by atoms with E-state index in [0.717, 1.165) is 11.1 Å². The molecule has 3 amide bonds. The van der Waals surface area contributed by atoms with E-state index in [0.29, 0.717) is 47.4 Å². The lowest BCUT2D eigenvalue weighted by molar-refractivity contribution is -0.145. The van der Waals surface area contributed by atoms with Gasteiger partial charge in [0.15, 0.2) is 0 Å². The van der Waals surface area contributed by atoms with E-state index >= 15 is 0 Å². The number of rotatable bonds is 37. The van der Waals surface area contributed by atoms with Gasteiger partial charge in [-0.05, 0) is 127 Å². The fourth-order valence-corrected chi connectivity index (χ4v) is 33.8. The van der Waals surface area contributed by atoms with Crippen LogP contribution in [0.3, 0.4) is 0 Å². The minimum Gasteiger partial charge on any atom is -0.463 e. The molecule has 2 aromatic carbocycles. The number of nitrogens with one attached hydrogen (secondary N) is 2. The molecule has 21 nitrogen and oxygen atoms in total. The van der Waals surface area contributed by atoms with Gasteiger partial charge in [0.2, 0.25) is 33.3 Å². The number of hydrogen-bond donors (Lipinski definition) is 5. The number of carbonyl (C=O) groups is 4. The van der Waals surface area contributed by atoms with Gasteiger partial charge in [-0.25, -0.2) is 9.59 Å². The number of aryl methyl sites for hydroxylation is 2. The smallest absolute Gasteiger partial charge is 0.411 e. The lowest BCUT2D eigenvalue weighted by Crippen LogP contribution is -2.55. The highest BCUT2D eigenvalue weighted by molar-refractivity contribution is 6.88. The third-order valence-electron chi connectivity index (χ3n) is 10.4. The Hall–Kier alpha value is -3.22. The lowest BCUT2D eigenvalue weighted by Gasteiger charge is -2.38. The number of urea groups is 1. The van der Waals surface area contributed by atoms with Gasteiger partial charge in [0.25, 0.3) is 0 Å². The summed E-state index contributed by atoms with van der Waals surface area (Å²) in [5, 5.41) is 33.1. The Morgan fingerprint density at radius 1 is 0.467 bits per heavy atom. The highest BCUT2D eigenvalue weighted by Crippen LogP contribution is 2.24. The summed E-state index contributed by atoms with van der Waals surface area (Å²) in [5.41, 5.74) is 3.91. The summed E-state index contributed by atoms with van der Waals surface area (Å²) < 4.78 is 65.6. The second-order valence-electron chi connectivity index (χ2n) is 21.4. The maximum atomic E-state index is 12.7. The first-order valence-corrected chi connectivity index (χ1v) is 43.4. The van der Waals surface area contributed by atoms with Gasteiger partial charge in [-0.2, -0.15) is 0 Å². The van der Waals surface area contributed by atoms with Crippen molar-refractivity contribution in [2.75, 3.05) is 115 Å². The lowest BCUT2D eigenvalue weighted by atomic mass is 10.1. The van der Waals surface area contributed by atoms with Crippen LogP contribution < -0.4 is 10.6 Å². The van der Waals surface area contributed by atoms with Crippen LogP contribution in [-0.4, -0.2) is 199 Å². The number of esters is 2. The summed E-state index contributed by atoms with van der Waals surface area (Å²) in [7, 11) is -14.3.